The molecule has 1 N–H and O–H groups in total. The van der Waals surface area contributed by atoms with Gasteiger partial charge in [0, 0.05) is 34.8 Å². The van der Waals surface area contributed by atoms with Crippen molar-refractivity contribution < 1.29 is 9.18 Å². The Balaban J connectivity index is 1.73. The maximum absolute atomic E-state index is 13.1. The Bertz CT molecular complexity index is 1100. The summed E-state index contributed by atoms with van der Waals surface area (Å²) in [4.78, 5) is 29.2. The fourth-order valence-electron chi connectivity index (χ4n) is 2.76. The summed E-state index contributed by atoms with van der Waals surface area (Å²) < 4.78 is 13.1. The molecule has 2 aromatic heterocycles. The summed E-state index contributed by atoms with van der Waals surface area (Å²) in [7, 11) is 0. The molecule has 0 radical (unpaired) electrons. The van der Waals surface area contributed by atoms with Gasteiger partial charge in [0.15, 0.2) is 0 Å². The molecule has 0 bridgehead atoms. The number of anilines is 1. The van der Waals surface area contributed by atoms with E-state index in [1.807, 2.05) is 6.07 Å². The largest absolute Gasteiger partial charge is 0.322 e. The molecule has 2 aromatic carbocycles. The van der Waals surface area contributed by atoms with Crippen molar-refractivity contribution in [3.63, 3.8) is 0 Å². The van der Waals surface area contributed by atoms with E-state index in [-0.39, 0.29) is 11.7 Å². The van der Waals surface area contributed by atoms with E-state index < -0.39 is 0 Å². The van der Waals surface area contributed by atoms with Gasteiger partial charge >= 0.3 is 0 Å². The van der Waals surface area contributed by atoms with E-state index in [1.54, 1.807) is 36.7 Å². The molecule has 0 aliphatic rings. The van der Waals surface area contributed by atoms with E-state index in [0.29, 0.717) is 22.6 Å². The van der Waals surface area contributed by atoms with Crippen molar-refractivity contribution in [2.75, 3.05) is 5.32 Å². The molecule has 0 spiro atoms. The third-order valence-corrected chi connectivity index (χ3v) is 4.10. The van der Waals surface area contributed by atoms with E-state index in [9.17, 15) is 9.18 Å². The monoisotopic (exact) mass is 371 g/mol. The van der Waals surface area contributed by atoms with Crippen LogP contribution in [0.5, 0.6) is 0 Å². The molecule has 0 fully saturated rings. The SMILES string of the molecule is O=C(Nc1ccc(F)cc1)c1ccc(-c2ccncn2)c(-c2ccncn2)c1. The van der Waals surface area contributed by atoms with Crippen LogP contribution in [0.4, 0.5) is 10.1 Å². The summed E-state index contributed by atoms with van der Waals surface area (Å²) in [5.74, 6) is -0.672. The Morgan fingerprint density at radius 1 is 0.786 bits per heavy atom. The first-order valence-electron chi connectivity index (χ1n) is 8.44. The number of rotatable bonds is 4. The first-order chi connectivity index (χ1) is 13.7. The molecule has 0 unspecified atom stereocenters. The summed E-state index contributed by atoms with van der Waals surface area (Å²) in [5.41, 5.74) is 3.90. The average molecular weight is 371 g/mol. The highest BCUT2D eigenvalue weighted by Gasteiger charge is 2.14. The first kappa shape index (κ1) is 17.4. The van der Waals surface area contributed by atoms with Crippen LogP contribution in [0.3, 0.4) is 0 Å². The molecule has 0 atom stereocenters. The predicted molar refractivity (Wildman–Crippen MR) is 103 cm³/mol. The Hall–Kier alpha value is -4.00. The van der Waals surface area contributed by atoms with Crippen LogP contribution < -0.4 is 5.32 Å². The fourth-order valence-corrected chi connectivity index (χ4v) is 2.76. The van der Waals surface area contributed by atoms with Crippen molar-refractivity contribution in [3.8, 4) is 22.5 Å². The third-order valence-electron chi connectivity index (χ3n) is 4.10. The lowest BCUT2D eigenvalue weighted by Crippen LogP contribution is -2.12. The number of nitrogens with zero attached hydrogens (tertiary/aromatic N) is 4. The lowest BCUT2D eigenvalue weighted by Gasteiger charge is -2.11. The van der Waals surface area contributed by atoms with Crippen LogP contribution in [0.2, 0.25) is 0 Å². The molecular weight excluding hydrogens is 357 g/mol. The highest BCUT2D eigenvalue weighted by molar-refractivity contribution is 6.05. The van der Waals surface area contributed by atoms with Crippen LogP contribution in [-0.4, -0.2) is 25.8 Å². The van der Waals surface area contributed by atoms with Gasteiger partial charge in [-0.15, -0.1) is 0 Å². The molecule has 0 saturated carbocycles. The molecule has 28 heavy (non-hydrogen) atoms. The van der Waals surface area contributed by atoms with E-state index in [4.69, 9.17) is 0 Å². The first-order valence-corrected chi connectivity index (χ1v) is 8.44. The van der Waals surface area contributed by atoms with Crippen LogP contribution in [0.25, 0.3) is 22.5 Å². The summed E-state index contributed by atoms with van der Waals surface area (Å²) in [6.07, 6.45) is 6.21. The number of amides is 1. The van der Waals surface area contributed by atoms with E-state index in [2.05, 4.69) is 25.3 Å². The molecule has 0 aliphatic heterocycles. The summed E-state index contributed by atoms with van der Waals surface area (Å²) >= 11 is 0. The molecule has 6 nitrogen and oxygen atoms in total. The second-order valence-corrected chi connectivity index (χ2v) is 5.91. The highest BCUT2D eigenvalue weighted by Crippen LogP contribution is 2.30. The van der Waals surface area contributed by atoms with Gasteiger partial charge < -0.3 is 5.32 Å². The third kappa shape index (κ3) is 3.73. The van der Waals surface area contributed by atoms with Gasteiger partial charge in [-0.2, -0.15) is 0 Å². The van der Waals surface area contributed by atoms with E-state index >= 15 is 0 Å². The second kappa shape index (κ2) is 7.71. The number of benzene rings is 2. The molecule has 1 amide bonds. The summed E-state index contributed by atoms with van der Waals surface area (Å²) in [6.45, 7) is 0. The van der Waals surface area contributed by atoms with E-state index in [0.717, 1.165) is 11.1 Å². The molecule has 4 aromatic rings. The smallest absolute Gasteiger partial charge is 0.255 e. The zero-order valence-electron chi connectivity index (χ0n) is 14.6. The quantitative estimate of drug-likeness (QED) is 0.587. The number of carbonyl (C=O) groups excluding carboxylic acids is 1. The lowest BCUT2D eigenvalue weighted by molar-refractivity contribution is 0.102. The minimum atomic E-state index is -0.363. The molecule has 2 heterocycles. The van der Waals surface area contributed by atoms with Gasteiger partial charge in [-0.1, -0.05) is 6.07 Å². The molecule has 4 rings (SSSR count). The summed E-state index contributed by atoms with van der Waals surface area (Å²) in [6, 6.07) is 14.4. The summed E-state index contributed by atoms with van der Waals surface area (Å²) in [5, 5.41) is 2.76. The highest BCUT2D eigenvalue weighted by atomic mass is 19.1. The number of halogens is 1. The minimum Gasteiger partial charge on any atom is -0.322 e. The molecule has 0 saturated heterocycles. The number of hydrogen-bond donors (Lipinski definition) is 1. The average Bonchev–Trinajstić information content (AvgIpc) is 2.76. The van der Waals surface area contributed by atoms with Gasteiger partial charge in [0.25, 0.3) is 5.91 Å². The Morgan fingerprint density at radius 3 is 2.04 bits per heavy atom. The maximum Gasteiger partial charge on any atom is 0.255 e. The molecule has 136 valence electrons. The van der Waals surface area contributed by atoms with Gasteiger partial charge in [0.1, 0.15) is 18.5 Å². The van der Waals surface area contributed by atoms with Crippen LogP contribution in [-0.2, 0) is 0 Å². The molecule has 0 aliphatic carbocycles. The van der Waals surface area contributed by atoms with Crippen LogP contribution in [0, 0.1) is 5.82 Å². The van der Waals surface area contributed by atoms with Crippen molar-refractivity contribution in [3.05, 3.63) is 91.0 Å². The van der Waals surface area contributed by atoms with Gasteiger partial charge in [-0.05, 0) is 48.5 Å². The predicted octanol–water partition coefficient (Wildman–Crippen LogP) is 3.99. The van der Waals surface area contributed by atoms with Crippen molar-refractivity contribution >= 4 is 11.6 Å². The van der Waals surface area contributed by atoms with Crippen LogP contribution >= 0.6 is 0 Å². The molecular formula is C21H14FN5O. The van der Waals surface area contributed by atoms with Gasteiger partial charge in [0.2, 0.25) is 0 Å². The number of nitrogens with one attached hydrogen (secondary N) is 1. The van der Waals surface area contributed by atoms with E-state index in [1.165, 1.54) is 36.9 Å². The van der Waals surface area contributed by atoms with Gasteiger partial charge in [-0.3, -0.25) is 4.79 Å². The zero-order chi connectivity index (χ0) is 19.3. The van der Waals surface area contributed by atoms with Crippen molar-refractivity contribution in [1.82, 2.24) is 19.9 Å². The van der Waals surface area contributed by atoms with Gasteiger partial charge in [0.05, 0.1) is 11.4 Å². The number of carbonyl (C=O) groups is 1. The fraction of sp³-hybridized carbons (Fsp3) is 0. The Kier molecular flexibility index (Phi) is 4.79. The van der Waals surface area contributed by atoms with Gasteiger partial charge in [-0.25, -0.2) is 24.3 Å². The Labute approximate surface area is 160 Å². The second-order valence-electron chi connectivity index (χ2n) is 5.91. The number of aromatic nitrogens is 4. The topological polar surface area (TPSA) is 80.7 Å². The lowest BCUT2D eigenvalue weighted by atomic mass is 9.98. The maximum atomic E-state index is 13.1. The minimum absolute atomic E-state index is 0.309. The van der Waals surface area contributed by atoms with Crippen LogP contribution in [0.15, 0.2) is 79.6 Å². The van der Waals surface area contributed by atoms with Crippen LogP contribution in [0.1, 0.15) is 10.4 Å². The van der Waals surface area contributed by atoms with Crippen molar-refractivity contribution in [2.24, 2.45) is 0 Å². The number of hydrogen-bond acceptors (Lipinski definition) is 5. The van der Waals surface area contributed by atoms with Crippen molar-refractivity contribution in [2.45, 2.75) is 0 Å². The van der Waals surface area contributed by atoms with Crippen molar-refractivity contribution in [1.29, 1.82) is 0 Å². The Morgan fingerprint density at radius 2 is 1.43 bits per heavy atom. The standard InChI is InChI=1S/C21H14FN5O/c22-15-2-4-16(5-3-15)27-21(28)14-1-6-17(19-7-9-23-12-25-19)18(11-14)20-8-10-24-13-26-20/h1-13H,(H,27,28). The normalized spacial score (nSPS) is 10.5. The molecule has 7 heteroatoms. The zero-order valence-corrected chi connectivity index (χ0v) is 14.6.